The van der Waals surface area contributed by atoms with Crippen LogP contribution in [-0.2, 0) is 10.3 Å². The van der Waals surface area contributed by atoms with E-state index in [4.69, 9.17) is 14.2 Å². The number of ether oxygens (including phenoxy) is 3. The number of carbonyl (C=O) groups is 1. The summed E-state index contributed by atoms with van der Waals surface area (Å²) in [6.07, 6.45) is 0. The Morgan fingerprint density at radius 3 is 2.24 bits per heavy atom. The smallest absolute Gasteiger partial charge is 0.231 e. The lowest BCUT2D eigenvalue weighted by atomic mass is 9.81. The highest BCUT2D eigenvalue weighted by molar-refractivity contribution is 6.08. The van der Waals surface area contributed by atoms with Crippen LogP contribution in [0.15, 0.2) is 66.7 Å². The molecule has 5 heteroatoms. The highest BCUT2D eigenvalue weighted by atomic mass is 16.7. The van der Waals surface area contributed by atoms with Gasteiger partial charge in [0.05, 0.1) is 18.8 Å². The number of rotatable bonds is 4. The van der Waals surface area contributed by atoms with E-state index in [9.17, 15) is 4.79 Å². The molecule has 0 bridgehead atoms. The summed E-state index contributed by atoms with van der Waals surface area (Å²) in [4.78, 5) is 14.5. The lowest BCUT2D eigenvalue weighted by molar-refractivity contribution is 0.00191. The standard InChI is InChI=1S/C29H27NO4/c1-19(31)20-8-10-22(11-9-20)28-27(21-6-4-3-5-7-21)23-16-25-26(34-18-33-25)17-24(23)29(28,2)30-12-14-32-15-13-30/h3-11,16-17H,12-15,18H2,1-2H3. The topological polar surface area (TPSA) is 48.0 Å². The highest BCUT2D eigenvalue weighted by Crippen LogP contribution is 2.57. The number of nitrogens with zero attached hydrogens (tertiary/aromatic N) is 1. The van der Waals surface area contributed by atoms with Gasteiger partial charge >= 0.3 is 0 Å². The molecule has 1 aliphatic carbocycles. The maximum absolute atomic E-state index is 12.0. The number of hydrogen-bond acceptors (Lipinski definition) is 5. The molecule has 0 radical (unpaired) electrons. The molecule has 5 nitrogen and oxygen atoms in total. The van der Waals surface area contributed by atoms with Crippen LogP contribution in [0, 0.1) is 0 Å². The Bertz CT molecular complexity index is 1290. The molecule has 3 aromatic carbocycles. The van der Waals surface area contributed by atoms with E-state index in [-0.39, 0.29) is 12.6 Å². The molecule has 1 atom stereocenters. The fourth-order valence-corrected chi connectivity index (χ4v) is 5.60. The number of fused-ring (bicyclic) bond motifs is 2. The number of ketones is 1. The highest BCUT2D eigenvalue weighted by Gasteiger charge is 2.48. The van der Waals surface area contributed by atoms with E-state index in [0.717, 1.165) is 46.8 Å². The first-order valence-electron chi connectivity index (χ1n) is 11.8. The van der Waals surface area contributed by atoms with Crippen molar-refractivity contribution in [1.82, 2.24) is 4.90 Å². The normalized spacial score (nSPS) is 21.6. The van der Waals surface area contributed by atoms with Gasteiger partial charge in [0.15, 0.2) is 17.3 Å². The van der Waals surface area contributed by atoms with Gasteiger partial charge in [-0.3, -0.25) is 9.69 Å². The van der Waals surface area contributed by atoms with Crippen molar-refractivity contribution in [2.45, 2.75) is 19.4 Å². The van der Waals surface area contributed by atoms with Crippen molar-refractivity contribution in [1.29, 1.82) is 0 Å². The van der Waals surface area contributed by atoms with Crippen molar-refractivity contribution in [3.8, 4) is 11.5 Å². The summed E-state index contributed by atoms with van der Waals surface area (Å²) < 4.78 is 17.3. The molecular weight excluding hydrogens is 426 g/mol. The first-order chi connectivity index (χ1) is 16.6. The van der Waals surface area contributed by atoms with Crippen LogP contribution < -0.4 is 9.47 Å². The summed E-state index contributed by atoms with van der Waals surface area (Å²) in [5, 5.41) is 0. The molecule has 3 aliphatic rings. The lowest BCUT2D eigenvalue weighted by Gasteiger charge is -2.43. The predicted molar refractivity (Wildman–Crippen MR) is 131 cm³/mol. The molecule has 0 spiro atoms. The van der Waals surface area contributed by atoms with Gasteiger partial charge in [-0.25, -0.2) is 0 Å². The minimum atomic E-state index is -0.400. The first-order valence-corrected chi connectivity index (χ1v) is 11.8. The zero-order valence-corrected chi connectivity index (χ0v) is 19.5. The Balaban J connectivity index is 1.66. The summed E-state index contributed by atoms with van der Waals surface area (Å²) in [5.74, 6) is 1.64. The van der Waals surface area contributed by atoms with Crippen LogP contribution in [0.3, 0.4) is 0 Å². The second-order valence-electron chi connectivity index (χ2n) is 9.17. The van der Waals surface area contributed by atoms with Crippen LogP contribution in [0.4, 0.5) is 0 Å². The van der Waals surface area contributed by atoms with E-state index < -0.39 is 5.54 Å². The van der Waals surface area contributed by atoms with Gasteiger partial charge in [-0.2, -0.15) is 0 Å². The molecular formula is C29H27NO4. The molecule has 2 aliphatic heterocycles. The van der Waals surface area contributed by atoms with E-state index in [1.807, 2.05) is 18.2 Å². The van der Waals surface area contributed by atoms with Gasteiger partial charge in [0.25, 0.3) is 0 Å². The summed E-state index contributed by atoms with van der Waals surface area (Å²) in [5.41, 5.74) is 7.38. The third-order valence-electron chi connectivity index (χ3n) is 7.33. The van der Waals surface area contributed by atoms with Gasteiger partial charge in [0.1, 0.15) is 0 Å². The third-order valence-corrected chi connectivity index (χ3v) is 7.33. The Kier molecular flexibility index (Phi) is 5.05. The minimum Gasteiger partial charge on any atom is -0.454 e. The average molecular weight is 454 g/mol. The van der Waals surface area contributed by atoms with Crippen molar-refractivity contribution < 1.29 is 19.0 Å². The second-order valence-corrected chi connectivity index (χ2v) is 9.17. The van der Waals surface area contributed by atoms with Crippen LogP contribution in [0.2, 0.25) is 0 Å². The van der Waals surface area contributed by atoms with E-state index in [1.54, 1.807) is 6.92 Å². The number of benzene rings is 3. The molecule has 2 heterocycles. The molecule has 3 aromatic rings. The fraction of sp³-hybridized carbons (Fsp3) is 0.276. The van der Waals surface area contributed by atoms with Crippen molar-refractivity contribution in [2.75, 3.05) is 33.1 Å². The number of Topliss-reactive ketones (excluding diaryl/α,β-unsaturated/α-hetero) is 1. The zero-order valence-electron chi connectivity index (χ0n) is 19.5. The average Bonchev–Trinajstić information content (AvgIpc) is 3.44. The van der Waals surface area contributed by atoms with E-state index in [2.05, 4.69) is 60.4 Å². The molecule has 6 rings (SSSR count). The summed E-state index contributed by atoms with van der Waals surface area (Å²) >= 11 is 0. The van der Waals surface area contributed by atoms with Crippen LogP contribution in [0.5, 0.6) is 11.5 Å². The molecule has 1 fully saturated rings. The third kappa shape index (κ3) is 3.19. The number of carbonyl (C=O) groups excluding carboxylic acids is 1. The van der Waals surface area contributed by atoms with Crippen molar-refractivity contribution >= 4 is 16.9 Å². The first kappa shape index (κ1) is 21.1. The van der Waals surface area contributed by atoms with Gasteiger partial charge in [-0.15, -0.1) is 0 Å². The van der Waals surface area contributed by atoms with Gasteiger partial charge in [0.2, 0.25) is 6.79 Å². The lowest BCUT2D eigenvalue weighted by Crippen LogP contribution is -2.49. The molecule has 0 amide bonds. The summed E-state index contributed by atoms with van der Waals surface area (Å²) in [6, 6.07) is 22.9. The zero-order chi connectivity index (χ0) is 23.3. The largest absolute Gasteiger partial charge is 0.454 e. The Morgan fingerprint density at radius 1 is 0.882 bits per heavy atom. The number of morpholine rings is 1. The van der Waals surface area contributed by atoms with Crippen LogP contribution in [0.25, 0.3) is 11.1 Å². The monoisotopic (exact) mass is 453 g/mol. The molecule has 0 N–H and O–H groups in total. The molecule has 0 saturated carbocycles. The van der Waals surface area contributed by atoms with Gasteiger partial charge < -0.3 is 14.2 Å². The van der Waals surface area contributed by atoms with Gasteiger partial charge in [0, 0.05) is 18.7 Å². The minimum absolute atomic E-state index is 0.0696. The molecule has 1 unspecified atom stereocenters. The maximum Gasteiger partial charge on any atom is 0.231 e. The van der Waals surface area contributed by atoms with Crippen molar-refractivity contribution in [3.63, 3.8) is 0 Å². The molecule has 0 aromatic heterocycles. The Morgan fingerprint density at radius 2 is 1.56 bits per heavy atom. The maximum atomic E-state index is 12.0. The Hall–Kier alpha value is -3.41. The fourth-order valence-electron chi connectivity index (χ4n) is 5.60. The SMILES string of the molecule is CC(=O)c1ccc(C2=C(c3ccccc3)c3cc4c(cc3C2(C)N2CCOCC2)OCO4)cc1. The predicted octanol–water partition coefficient (Wildman–Crippen LogP) is 5.14. The van der Waals surface area contributed by atoms with Crippen LogP contribution >= 0.6 is 0 Å². The molecule has 172 valence electrons. The van der Waals surface area contributed by atoms with Crippen LogP contribution in [0.1, 0.15) is 46.5 Å². The van der Waals surface area contributed by atoms with Crippen molar-refractivity contribution in [2.24, 2.45) is 0 Å². The van der Waals surface area contributed by atoms with E-state index in [1.165, 1.54) is 16.7 Å². The van der Waals surface area contributed by atoms with Crippen molar-refractivity contribution in [3.05, 3.63) is 94.5 Å². The molecule has 34 heavy (non-hydrogen) atoms. The second kappa shape index (κ2) is 8.12. The van der Waals surface area contributed by atoms with Crippen LogP contribution in [-0.4, -0.2) is 43.8 Å². The number of hydrogen-bond donors (Lipinski definition) is 0. The van der Waals surface area contributed by atoms with E-state index >= 15 is 0 Å². The Labute approximate surface area is 199 Å². The van der Waals surface area contributed by atoms with Gasteiger partial charge in [-0.1, -0.05) is 54.6 Å². The summed E-state index contributed by atoms with van der Waals surface area (Å²) in [6.45, 7) is 7.23. The summed E-state index contributed by atoms with van der Waals surface area (Å²) in [7, 11) is 0. The quantitative estimate of drug-likeness (QED) is 0.512. The molecule has 1 saturated heterocycles. The van der Waals surface area contributed by atoms with Gasteiger partial charge in [-0.05, 0) is 59.4 Å². The van der Waals surface area contributed by atoms with E-state index in [0.29, 0.717) is 13.2 Å².